The van der Waals surface area contributed by atoms with Crippen LogP contribution >= 0.6 is 0 Å². The first kappa shape index (κ1) is 15.0. The number of methoxy groups -OCH3 is 1. The number of ether oxygens (including phenoxy) is 1. The highest BCUT2D eigenvalue weighted by Crippen LogP contribution is 2.19. The minimum absolute atomic E-state index is 0.0211. The van der Waals surface area contributed by atoms with Crippen molar-refractivity contribution in [1.82, 2.24) is 10.3 Å². The summed E-state index contributed by atoms with van der Waals surface area (Å²) >= 11 is 0. The minimum Gasteiger partial charge on any atom is -0.481 e. The zero-order valence-corrected chi connectivity index (χ0v) is 13.0. The maximum absolute atomic E-state index is 12.3. The molecule has 0 spiro atoms. The smallest absolute Gasteiger partial charge is 0.224 e. The second-order valence-corrected chi connectivity index (χ2v) is 5.26. The molecule has 0 saturated carbocycles. The lowest BCUT2D eigenvalue weighted by molar-refractivity contribution is -0.120. The monoisotopic (exact) mass is 306 g/mol. The van der Waals surface area contributed by atoms with Crippen molar-refractivity contribution in [2.75, 3.05) is 7.11 Å². The van der Waals surface area contributed by atoms with Gasteiger partial charge in [-0.05, 0) is 22.4 Å². The molecule has 116 valence electrons. The fraction of sp³-hybridized carbons (Fsp3) is 0.158. The summed E-state index contributed by atoms with van der Waals surface area (Å²) in [6, 6.07) is 17.8. The summed E-state index contributed by atoms with van der Waals surface area (Å²) < 4.78 is 5.19. The second-order valence-electron chi connectivity index (χ2n) is 5.26. The van der Waals surface area contributed by atoms with E-state index in [9.17, 15) is 4.79 Å². The third kappa shape index (κ3) is 3.48. The molecule has 3 aromatic rings. The van der Waals surface area contributed by atoms with E-state index in [4.69, 9.17) is 4.74 Å². The van der Waals surface area contributed by atoms with Crippen LogP contribution in [0, 0.1) is 0 Å². The van der Waals surface area contributed by atoms with Gasteiger partial charge in [0.15, 0.2) is 0 Å². The van der Waals surface area contributed by atoms with Gasteiger partial charge >= 0.3 is 0 Å². The third-order valence-electron chi connectivity index (χ3n) is 3.75. The standard InChI is InChI=1S/C19H18N2O2/c1-23-19-16(9-5-11-20-19)13-21-18(22)12-15-8-4-7-14-6-2-3-10-17(14)15/h2-11H,12-13H2,1H3,(H,21,22). The molecule has 3 rings (SSSR count). The molecule has 4 nitrogen and oxygen atoms in total. The SMILES string of the molecule is COc1ncccc1CNC(=O)Cc1cccc2ccccc12. The summed E-state index contributed by atoms with van der Waals surface area (Å²) in [7, 11) is 1.57. The largest absolute Gasteiger partial charge is 0.481 e. The van der Waals surface area contributed by atoms with Crippen molar-refractivity contribution in [1.29, 1.82) is 0 Å². The Balaban J connectivity index is 1.69. The van der Waals surface area contributed by atoms with E-state index in [0.717, 1.165) is 21.9 Å². The average Bonchev–Trinajstić information content (AvgIpc) is 2.60. The van der Waals surface area contributed by atoms with Gasteiger partial charge in [0.05, 0.1) is 13.5 Å². The maximum Gasteiger partial charge on any atom is 0.224 e. The molecule has 1 amide bonds. The van der Waals surface area contributed by atoms with E-state index < -0.39 is 0 Å². The van der Waals surface area contributed by atoms with E-state index in [1.54, 1.807) is 13.3 Å². The molecule has 0 aliphatic heterocycles. The number of fused-ring (bicyclic) bond motifs is 1. The molecule has 4 heteroatoms. The Morgan fingerprint density at radius 1 is 1.04 bits per heavy atom. The number of amides is 1. The molecule has 0 fully saturated rings. The van der Waals surface area contributed by atoms with Gasteiger partial charge in [0.1, 0.15) is 0 Å². The van der Waals surface area contributed by atoms with Gasteiger partial charge in [-0.25, -0.2) is 4.98 Å². The molecule has 1 N–H and O–H groups in total. The van der Waals surface area contributed by atoms with Crippen molar-refractivity contribution in [3.8, 4) is 5.88 Å². The average molecular weight is 306 g/mol. The number of aromatic nitrogens is 1. The van der Waals surface area contributed by atoms with Gasteiger partial charge in [-0.3, -0.25) is 4.79 Å². The van der Waals surface area contributed by atoms with Crippen molar-refractivity contribution in [2.24, 2.45) is 0 Å². The van der Waals surface area contributed by atoms with E-state index in [1.807, 2.05) is 42.5 Å². The molecule has 0 aliphatic carbocycles. The van der Waals surface area contributed by atoms with E-state index in [2.05, 4.69) is 22.4 Å². The second kappa shape index (κ2) is 6.92. The molecule has 1 aromatic heterocycles. The summed E-state index contributed by atoms with van der Waals surface area (Å²) in [4.78, 5) is 16.4. The predicted octanol–water partition coefficient (Wildman–Crippen LogP) is 3.10. The highest BCUT2D eigenvalue weighted by Gasteiger charge is 2.08. The lowest BCUT2D eigenvalue weighted by Gasteiger charge is -2.10. The van der Waals surface area contributed by atoms with Gasteiger partial charge in [0.2, 0.25) is 11.8 Å². The van der Waals surface area contributed by atoms with Crippen molar-refractivity contribution < 1.29 is 9.53 Å². The molecular weight excluding hydrogens is 288 g/mol. The number of pyridine rings is 1. The highest BCUT2D eigenvalue weighted by molar-refractivity contribution is 5.90. The van der Waals surface area contributed by atoms with E-state index >= 15 is 0 Å². The number of nitrogens with one attached hydrogen (secondary N) is 1. The Bertz CT molecular complexity index is 825. The molecule has 2 aromatic carbocycles. The van der Waals surface area contributed by atoms with E-state index in [1.165, 1.54) is 0 Å². The normalized spacial score (nSPS) is 10.5. The summed E-state index contributed by atoms with van der Waals surface area (Å²) in [5.74, 6) is 0.519. The van der Waals surface area contributed by atoms with Crippen LogP contribution in [0.2, 0.25) is 0 Å². The van der Waals surface area contributed by atoms with Crippen LogP contribution in [0.5, 0.6) is 5.88 Å². The Labute approximate surface area is 135 Å². The lowest BCUT2D eigenvalue weighted by Crippen LogP contribution is -2.25. The molecule has 23 heavy (non-hydrogen) atoms. The summed E-state index contributed by atoms with van der Waals surface area (Å²) in [6.45, 7) is 0.403. The van der Waals surface area contributed by atoms with Crippen molar-refractivity contribution >= 4 is 16.7 Å². The van der Waals surface area contributed by atoms with Crippen LogP contribution in [0.15, 0.2) is 60.8 Å². The quantitative estimate of drug-likeness (QED) is 0.788. The molecule has 0 unspecified atom stereocenters. The number of nitrogens with zero attached hydrogens (tertiary/aromatic N) is 1. The fourth-order valence-corrected chi connectivity index (χ4v) is 2.62. The molecule has 0 saturated heterocycles. The summed E-state index contributed by atoms with van der Waals surface area (Å²) in [6.07, 6.45) is 2.02. The molecule has 0 aliphatic rings. The number of rotatable bonds is 5. The first-order valence-electron chi connectivity index (χ1n) is 7.49. The van der Waals surface area contributed by atoms with Gasteiger partial charge in [-0.2, -0.15) is 0 Å². The fourth-order valence-electron chi connectivity index (χ4n) is 2.62. The number of hydrogen-bond acceptors (Lipinski definition) is 3. The Kier molecular flexibility index (Phi) is 4.52. The molecule has 0 bridgehead atoms. The zero-order valence-electron chi connectivity index (χ0n) is 13.0. The minimum atomic E-state index is -0.0211. The molecule has 1 heterocycles. The number of carbonyl (C=O) groups is 1. The van der Waals surface area contributed by atoms with E-state index in [-0.39, 0.29) is 5.91 Å². The molecule has 0 radical (unpaired) electrons. The van der Waals surface area contributed by atoms with Crippen LogP contribution < -0.4 is 10.1 Å². The van der Waals surface area contributed by atoms with Crippen LogP contribution in [0.4, 0.5) is 0 Å². The Morgan fingerprint density at radius 3 is 2.70 bits per heavy atom. The summed E-state index contributed by atoms with van der Waals surface area (Å²) in [5, 5.41) is 5.19. The van der Waals surface area contributed by atoms with E-state index in [0.29, 0.717) is 18.8 Å². The van der Waals surface area contributed by atoms with Crippen LogP contribution in [0.3, 0.4) is 0 Å². The van der Waals surface area contributed by atoms with Crippen molar-refractivity contribution in [3.05, 3.63) is 71.9 Å². The van der Waals surface area contributed by atoms with Crippen molar-refractivity contribution in [2.45, 2.75) is 13.0 Å². The Hall–Kier alpha value is -2.88. The van der Waals surface area contributed by atoms with Gasteiger partial charge in [-0.15, -0.1) is 0 Å². The van der Waals surface area contributed by atoms with Gasteiger partial charge in [-0.1, -0.05) is 48.5 Å². The van der Waals surface area contributed by atoms with Gasteiger partial charge in [0.25, 0.3) is 0 Å². The molecule has 0 atom stereocenters. The van der Waals surface area contributed by atoms with Crippen LogP contribution in [0.1, 0.15) is 11.1 Å². The zero-order chi connectivity index (χ0) is 16.1. The predicted molar refractivity (Wildman–Crippen MR) is 90.3 cm³/mol. The molecular formula is C19H18N2O2. The number of carbonyl (C=O) groups excluding carboxylic acids is 1. The van der Waals surface area contributed by atoms with Crippen LogP contribution in [-0.2, 0) is 17.8 Å². The Morgan fingerprint density at radius 2 is 1.83 bits per heavy atom. The van der Waals surface area contributed by atoms with Gasteiger partial charge < -0.3 is 10.1 Å². The van der Waals surface area contributed by atoms with Gasteiger partial charge in [0, 0.05) is 18.3 Å². The third-order valence-corrected chi connectivity index (χ3v) is 3.75. The first-order chi connectivity index (χ1) is 11.3. The summed E-state index contributed by atoms with van der Waals surface area (Å²) in [5.41, 5.74) is 1.89. The highest BCUT2D eigenvalue weighted by atomic mass is 16.5. The number of benzene rings is 2. The van der Waals surface area contributed by atoms with Crippen LogP contribution in [0.25, 0.3) is 10.8 Å². The lowest BCUT2D eigenvalue weighted by atomic mass is 10.0. The first-order valence-corrected chi connectivity index (χ1v) is 7.49. The maximum atomic E-state index is 12.3. The topological polar surface area (TPSA) is 51.2 Å². The number of hydrogen-bond donors (Lipinski definition) is 1. The van der Waals surface area contributed by atoms with Crippen LogP contribution in [-0.4, -0.2) is 18.0 Å². The van der Waals surface area contributed by atoms with Crippen molar-refractivity contribution in [3.63, 3.8) is 0 Å².